The summed E-state index contributed by atoms with van der Waals surface area (Å²) < 4.78 is 41.9. The zero-order chi connectivity index (χ0) is 21.3. The van der Waals surface area contributed by atoms with Gasteiger partial charge in [0.1, 0.15) is 17.2 Å². The molecule has 0 aliphatic rings. The number of carbonyl (C=O) groups excluding carboxylic acids is 1. The Morgan fingerprint density at radius 3 is 2.30 bits per heavy atom. The molecule has 2 heterocycles. The van der Waals surface area contributed by atoms with Crippen molar-refractivity contribution in [2.75, 3.05) is 10.0 Å². The van der Waals surface area contributed by atoms with Gasteiger partial charge >= 0.3 is 0 Å². The van der Waals surface area contributed by atoms with Crippen molar-refractivity contribution in [2.45, 2.75) is 11.8 Å². The Hall–Kier alpha value is -3.72. The number of benzene rings is 2. The Balaban J connectivity index is 1.47. The van der Waals surface area contributed by atoms with Crippen LogP contribution < -0.4 is 10.0 Å². The van der Waals surface area contributed by atoms with Crippen LogP contribution in [0, 0.1) is 12.7 Å². The largest absolute Gasteiger partial charge is 0.321 e. The highest BCUT2D eigenvalue weighted by molar-refractivity contribution is 7.92. The van der Waals surface area contributed by atoms with Crippen LogP contribution in [-0.2, 0) is 10.0 Å². The Bertz CT molecular complexity index is 1330. The van der Waals surface area contributed by atoms with E-state index in [1.54, 1.807) is 18.3 Å². The summed E-state index contributed by atoms with van der Waals surface area (Å²) in [6.45, 7) is 1.92. The zero-order valence-electron chi connectivity index (χ0n) is 15.8. The third kappa shape index (κ3) is 4.01. The van der Waals surface area contributed by atoms with Crippen LogP contribution in [0.4, 0.5) is 15.8 Å². The molecule has 4 aromatic rings. The molecule has 0 aliphatic heterocycles. The monoisotopic (exact) mass is 424 g/mol. The highest BCUT2D eigenvalue weighted by Crippen LogP contribution is 2.19. The lowest BCUT2D eigenvalue weighted by Crippen LogP contribution is -2.14. The van der Waals surface area contributed by atoms with Gasteiger partial charge in [0.2, 0.25) is 0 Å². The van der Waals surface area contributed by atoms with Gasteiger partial charge in [-0.2, -0.15) is 0 Å². The Morgan fingerprint density at radius 2 is 1.63 bits per heavy atom. The summed E-state index contributed by atoms with van der Waals surface area (Å²) in [6.07, 6.45) is 1.66. The summed E-state index contributed by atoms with van der Waals surface area (Å²) >= 11 is 0. The lowest BCUT2D eigenvalue weighted by Gasteiger charge is -2.09. The molecular weight excluding hydrogens is 407 g/mol. The average Bonchev–Trinajstić information content (AvgIpc) is 3.16. The van der Waals surface area contributed by atoms with Crippen molar-refractivity contribution in [3.05, 3.63) is 90.1 Å². The first-order valence-corrected chi connectivity index (χ1v) is 10.4. The second-order valence-electron chi connectivity index (χ2n) is 6.61. The first-order chi connectivity index (χ1) is 14.3. The molecule has 0 saturated heterocycles. The minimum absolute atomic E-state index is 0.0524. The van der Waals surface area contributed by atoms with E-state index in [1.165, 1.54) is 24.3 Å². The molecule has 2 aromatic heterocycles. The fraction of sp³-hybridized carbons (Fsp3) is 0.0476. The maximum absolute atomic E-state index is 13.0. The molecule has 2 N–H and O–H groups in total. The van der Waals surface area contributed by atoms with E-state index in [0.29, 0.717) is 17.0 Å². The van der Waals surface area contributed by atoms with Crippen LogP contribution in [0.25, 0.3) is 5.65 Å². The number of hydrogen-bond acceptors (Lipinski definition) is 4. The van der Waals surface area contributed by atoms with E-state index >= 15 is 0 Å². The number of hydrogen-bond donors (Lipinski definition) is 2. The van der Waals surface area contributed by atoms with Crippen LogP contribution in [0.5, 0.6) is 0 Å². The molecule has 0 unspecified atom stereocenters. The number of fused-ring (bicyclic) bond motifs is 1. The fourth-order valence-corrected chi connectivity index (χ4v) is 3.96. The van der Waals surface area contributed by atoms with Gasteiger partial charge in [0, 0.05) is 23.3 Å². The summed E-state index contributed by atoms with van der Waals surface area (Å²) in [6, 6.07) is 16.3. The van der Waals surface area contributed by atoms with E-state index in [0.717, 1.165) is 17.8 Å². The number of halogens is 1. The highest BCUT2D eigenvalue weighted by atomic mass is 32.2. The molecule has 7 nitrogen and oxygen atoms in total. The lowest BCUT2D eigenvalue weighted by molar-refractivity contribution is 0.102. The van der Waals surface area contributed by atoms with Crippen LogP contribution in [-0.4, -0.2) is 23.7 Å². The van der Waals surface area contributed by atoms with Gasteiger partial charge < -0.3 is 9.72 Å². The molecule has 0 radical (unpaired) electrons. The quantitative estimate of drug-likeness (QED) is 0.509. The first-order valence-electron chi connectivity index (χ1n) is 8.96. The number of nitrogens with zero attached hydrogens (tertiary/aromatic N) is 2. The molecule has 0 fully saturated rings. The van der Waals surface area contributed by atoms with Gasteiger partial charge in [-0.05, 0) is 67.6 Å². The molecule has 0 saturated carbocycles. The van der Waals surface area contributed by atoms with Crippen molar-refractivity contribution in [3.63, 3.8) is 0 Å². The van der Waals surface area contributed by atoms with Gasteiger partial charge in [-0.1, -0.05) is 6.07 Å². The third-order valence-electron chi connectivity index (χ3n) is 4.45. The van der Waals surface area contributed by atoms with Gasteiger partial charge in [-0.3, -0.25) is 9.52 Å². The van der Waals surface area contributed by atoms with E-state index in [-0.39, 0.29) is 16.5 Å². The predicted molar refractivity (Wildman–Crippen MR) is 112 cm³/mol. The molecule has 0 atom stereocenters. The number of amides is 1. The van der Waals surface area contributed by atoms with Crippen LogP contribution in [0.15, 0.2) is 77.8 Å². The normalized spacial score (nSPS) is 11.4. The third-order valence-corrected chi connectivity index (χ3v) is 5.84. The van der Waals surface area contributed by atoms with Crippen molar-refractivity contribution < 1.29 is 17.6 Å². The summed E-state index contributed by atoms with van der Waals surface area (Å²) in [7, 11) is -3.84. The summed E-state index contributed by atoms with van der Waals surface area (Å²) in [5, 5.41) is 2.73. The number of rotatable bonds is 5. The maximum Gasteiger partial charge on any atom is 0.275 e. The number of imidazole rings is 1. The molecule has 0 aliphatic carbocycles. The van der Waals surface area contributed by atoms with Gasteiger partial charge in [0.05, 0.1) is 4.90 Å². The van der Waals surface area contributed by atoms with Gasteiger partial charge in [-0.25, -0.2) is 17.8 Å². The number of carbonyl (C=O) groups is 1. The van der Waals surface area contributed by atoms with E-state index in [9.17, 15) is 17.6 Å². The number of anilines is 2. The highest BCUT2D eigenvalue weighted by Gasteiger charge is 2.15. The Labute approximate surface area is 172 Å². The van der Waals surface area contributed by atoms with Crippen molar-refractivity contribution in [3.8, 4) is 0 Å². The Morgan fingerprint density at radius 1 is 0.967 bits per heavy atom. The van der Waals surface area contributed by atoms with Crippen molar-refractivity contribution >= 4 is 33.0 Å². The van der Waals surface area contributed by atoms with Crippen LogP contribution in [0.2, 0.25) is 0 Å². The molecule has 152 valence electrons. The molecule has 0 spiro atoms. The second kappa shape index (κ2) is 7.60. The zero-order valence-corrected chi connectivity index (χ0v) is 16.7. The standard InChI is InChI=1S/C21H17FN4O3S/c1-14-3-2-4-20-24-19(13-26(14)20)21(27)23-16-7-9-17(10-8-16)25-30(28,29)18-11-5-15(22)6-12-18/h2-13,25H,1H3,(H,23,27). The smallest absolute Gasteiger partial charge is 0.275 e. The molecule has 1 amide bonds. The lowest BCUT2D eigenvalue weighted by atomic mass is 10.3. The van der Waals surface area contributed by atoms with Crippen molar-refractivity contribution in [1.82, 2.24) is 9.38 Å². The average molecular weight is 424 g/mol. The summed E-state index contributed by atoms with van der Waals surface area (Å²) in [5.41, 5.74) is 2.69. The Kier molecular flexibility index (Phi) is 4.96. The molecule has 9 heteroatoms. The van der Waals surface area contributed by atoms with Crippen LogP contribution >= 0.6 is 0 Å². The molecular formula is C21H17FN4O3S. The summed E-state index contributed by atoms with van der Waals surface area (Å²) in [4.78, 5) is 16.7. The number of aromatic nitrogens is 2. The molecule has 4 rings (SSSR count). The van der Waals surface area contributed by atoms with E-state index in [2.05, 4.69) is 15.0 Å². The first kappa shape index (κ1) is 19.6. The number of aryl methyl sites for hydroxylation is 1. The minimum atomic E-state index is -3.84. The maximum atomic E-state index is 13.0. The number of pyridine rings is 1. The fourth-order valence-electron chi connectivity index (χ4n) is 2.90. The van der Waals surface area contributed by atoms with Crippen molar-refractivity contribution in [1.29, 1.82) is 0 Å². The van der Waals surface area contributed by atoms with E-state index < -0.39 is 15.8 Å². The predicted octanol–water partition coefficient (Wildman–Crippen LogP) is 3.83. The van der Waals surface area contributed by atoms with Crippen LogP contribution in [0.3, 0.4) is 0 Å². The van der Waals surface area contributed by atoms with Crippen molar-refractivity contribution in [2.24, 2.45) is 0 Å². The molecule has 30 heavy (non-hydrogen) atoms. The van der Waals surface area contributed by atoms with Gasteiger partial charge in [0.15, 0.2) is 0 Å². The van der Waals surface area contributed by atoms with Gasteiger partial charge in [-0.15, -0.1) is 0 Å². The number of sulfonamides is 1. The van der Waals surface area contributed by atoms with Crippen LogP contribution in [0.1, 0.15) is 16.2 Å². The van der Waals surface area contributed by atoms with E-state index in [1.807, 2.05) is 29.5 Å². The second-order valence-corrected chi connectivity index (χ2v) is 8.29. The molecule has 2 aromatic carbocycles. The van der Waals surface area contributed by atoms with Gasteiger partial charge in [0.25, 0.3) is 15.9 Å². The minimum Gasteiger partial charge on any atom is -0.321 e. The number of nitrogens with one attached hydrogen (secondary N) is 2. The summed E-state index contributed by atoms with van der Waals surface area (Å²) in [5.74, 6) is -0.896. The molecule has 0 bridgehead atoms. The SMILES string of the molecule is Cc1cccc2nc(C(=O)Nc3ccc(NS(=O)(=O)c4ccc(F)cc4)cc3)cn12. The topological polar surface area (TPSA) is 92.6 Å². The van der Waals surface area contributed by atoms with E-state index in [4.69, 9.17) is 0 Å².